The maximum atomic E-state index is 4.64. The van der Waals surface area contributed by atoms with Crippen molar-refractivity contribution >= 4 is 0 Å². The molecule has 0 bridgehead atoms. The van der Waals surface area contributed by atoms with Gasteiger partial charge in [0.15, 0.2) is 5.82 Å². The smallest absolute Gasteiger partial charge is 0.178 e. The van der Waals surface area contributed by atoms with Gasteiger partial charge < -0.3 is 0 Å². The summed E-state index contributed by atoms with van der Waals surface area (Å²) in [6, 6.07) is 8.11. The Hall–Kier alpha value is -1.77. The van der Waals surface area contributed by atoms with Crippen LogP contribution in [-0.4, -0.2) is 15.0 Å². The fraction of sp³-hybridized carbons (Fsp3) is 0.438. The van der Waals surface area contributed by atoms with Gasteiger partial charge in [-0.25, -0.2) is 15.0 Å². The SMILES string of the molecule is CCCc1cc(CCC)nc(-c2cccc(C)n2)n1. The third kappa shape index (κ3) is 3.60. The fourth-order valence-electron chi connectivity index (χ4n) is 2.10. The van der Waals surface area contributed by atoms with Crippen LogP contribution < -0.4 is 0 Å². The van der Waals surface area contributed by atoms with Crippen molar-refractivity contribution < 1.29 is 0 Å². The molecular formula is C16H21N3. The first-order chi connectivity index (χ1) is 9.22. The van der Waals surface area contributed by atoms with Crippen LogP contribution in [0.2, 0.25) is 0 Å². The number of aryl methyl sites for hydroxylation is 3. The summed E-state index contributed by atoms with van der Waals surface area (Å²) >= 11 is 0. The molecule has 100 valence electrons. The second-order valence-electron chi connectivity index (χ2n) is 4.84. The highest BCUT2D eigenvalue weighted by Crippen LogP contribution is 2.15. The first-order valence-electron chi connectivity index (χ1n) is 7.03. The van der Waals surface area contributed by atoms with Crippen LogP contribution in [0.5, 0.6) is 0 Å². The quantitative estimate of drug-likeness (QED) is 0.816. The molecule has 0 unspecified atom stereocenters. The molecule has 0 spiro atoms. The number of nitrogens with zero attached hydrogens (tertiary/aromatic N) is 3. The van der Waals surface area contributed by atoms with Gasteiger partial charge in [-0.15, -0.1) is 0 Å². The highest BCUT2D eigenvalue weighted by atomic mass is 14.9. The molecule has 19 heavy (non-hydrogen) atoms. The highest BCUT2D eigenvalue weighted by Gasteiger charge is 2.07. The van der Waals surface area contributed by atoms with Crippen LogP contribution in [0.25, 0.3) is 11.5 Å². The van der Waals surface area contributed by atoms with Crippen LogP contribution in [0.1, 0.15) is 43.8 Å². The van der Waals surface area contributed by atoms with Crippen LogP contribution in [0.4, 0.5) is 0 Å². The molecule has 3 nitrogen and oxygen atoms in total. The van der Waals surface area contributed by atoms with Gasteiger partial charge in [0.1, 0.15) is 5.69 Å². The highest BCUT2D eigenvalue weighted by molar-refractivity contribution is 5.49. The molecule has 0 N–H and O–H groups in total. The van der Waals surface area contributed by atoms with E-state index in [9.17, 15) is 0 Å². The van der Waals surface area contributed by atoms with E-state index in [0.717, 1.165) is 54.3 Å². The lowest BCUT2D eigenvalue weighted by molar-refractivity contribution is 0.831. The Labute approximate surface area is 115 Å². The van der Waals surface area contributed by atoms with Crippen molar-refractivity contribution in [1.82, 2.24) is 15.0 Å². The Morgan fingerprint density at radius 2 is 1.53 bits per heavy atom. The van der Waals surface area contributed by atoms with E-state index in [1.165, 1.54) is 0 Å². The van der Waals surface area contributed by atoms with Gasteiger partial charge in [0, 0.05) is 17.1 Å². The van der Waals surface area contributed by atoms with Crippen molar-refractivity contribution in [2.24, 2.45) is 0 Å². The third-order valence-electron chi connectivity index (χ3n) is 2.96. The van der Waals surface area contributed by atoms with Gasteiger partial charge in [0.25, 0.3) is 0 Å². The van der Waals surface area contributed by atoms with Crippen LogP contribution in [0.3, 0.4) is 0 Å². The van der Waals surface area contributed by atoms with Crippen LogP contribution in [0, 0.1) is 6.92 Å². The maximum absolute atomic E-state index is 4.64. The van der Waals surface area contributed by atoms with E-state index in [0.29, 0.717) is 0 Å². The summed E-state index contributed by atoms with van der Waals surface area (Å²) in [7, 11) is 0. The van der Waals surface area contributed by atoms with Crippen molar-refractivity contribution in [3.8, 4) is 11.5 Å². The Kier molecular flexibility index (Phi) is 4.61. The van der Waals surface area contributed by atoms with Gasteiger partial charge in [-0.1, -0.05) is 32.8 Å². The molecule has 3 heteroatoms. The van der Waals surface area contributed by atoms with Gasteiger partial charge >= 0.3 is 0 Å². The number of hydrogen-bond acceptors (Lipinski definition) is 3. The Morgan fingerprint density at radius 1 is 0.895 bits per heavy atom. The molecule has 0 saturated carbocycles. The zero-order valence-electron chi connectivity index (χ0n) is 12.0. The molecule has 0 aromatic carbocycles. The standard InChI is InChI=1S/C16H21N3/c1-4-7-13-11-14(8-5-2)19-16(18-13)15-10-6-9-12(3)17-15/h6,9-11H,4-5,7-8H2,1-3H3. The second kappa shape index (κ2) is 6.41. The molecule has 0 atom stereocenters. The van der Waals surface area contributed by atoms with Crippen LogP contribution >= 0.6 is 0 Å². The van der Waals surface area contributed by atoms with E-state index >= 15 is 0 Å². The van der Waals surface area contributed by atoms with Crippen LogP contribution in [-0.2, 0) is 12.8 Å². The molecular weight excluding hydrogens is 234 g/mol. The van der Waals surface area contributed by atoms with Crippen molar-refractivity contribution in [2.45, 2.75) is 46.5 Å². The normalized spacial score (nSPS) is 10.7. The number of pyridine rings is 1. The third-order valence-corrected chi connectivity index (χ3v) is 2.96. The minimum atomic E-state index is 0.762. The average Bonchev–Trinajstić information content (AvgIpc) is 2.39. The summed E-state index contributed by atoms with van der Waals surface area (Å²) in [6.07, 6.45) is 4.20. The molecule has 0 saturated heterocycles. The van der Waals surface area contributed by atoms with E-state index in [-0.39, 0.29) is 0 Å². The summed E-state index contributed by atoms with van der Waals surface area (Å²) in [6.45, 7) is 6.34. The summed E-state index contributed by atoms with van der Waals surface area (Å²) in [5.41, 5.74) is 4.12. The largest absolute Gasteiger partial charge is 0.250 e. The number of rotatable bonds is 5. The van der Waals surface area contributed by atoms with Gasteiger partial charge in [0.2, 0.25) is 0 Å². The second-order valence-corrected chi connectivity index (χ2v) is 4.84. The van der Waals surface area contributed by atoms with Gasteiger partial charge in [-0.2, -0.15) is 0 Å². The maximum Gasteiger partial charge on any atom is 0.178 e. The van der Waals surface area contributed by atoms with E-state index in [4.69, 9.17) is 0 Å². The van der Waals surface area contributed by atoms with E-state index in [1.54, 1.807) is 0 Å². The Bertz CT molecular complexity index is 525. The van der Waals surface area contributed by atoms with E-state index in [2.05, 4.69) is 34.9 Å². The Balaban J connectivity index is 2.43. The van der Waals surface area contributed by atoms with Crippen molar-refractivity contribution in [3.63, 3.8) is 0 Å². The molecule has 0 aliphatic heterocycles. The first kappa shape index (κ1) is 13.7. The van der Waals surface area contributed by atoms with Gasteiger partial charge in [0.05, 0.1) is 0 Å². The molecule has 2 rings (SSSR count). The molecule has 2 heterocycles. The monoisotopic (exact) mass is 255 g/mol. The first-order valence-corrected chi connectivity index (χ1v) is 7.03. The van der Waals surface area contributed by atoms with Crippen LogP contribution in [0.15, 0.2) is 24.3 Å². The summed E-state index contributed by atoms with van der Waals surface area (Å²) in [4.78, 5) is 13.8. The van der Waals surface area contributed by atoms with Gasteiger partial charge in [-0.3, -0.25) is 0 Å². The molecule has 0 radical (unpaired) electrons. The lowest BCUT2D eigenvalue weighted by atomic mass is 10.1. The predicted molar refractivity (Wildman–Crippen MR) is 78.0 cm³/mol. The fourth-order valence-corrected chi connectivity index (χ4v) is 2.10. The summed E-state index contributed by atoms with van der Waals surface area (Å²) in [5.74, 6) is 0.762. The van der Waals surface area contributed by atoms with E-state index in [1.807, 2.05) is 25.1 Å². The summed E-state index contributed by atoms with van der Waals surface area (Å²) < 4.78 is 0. The topological polar surface area (TPSA) is 38.7 Å². The Morgan fingerprint density at radius 3 is 2.05 bits per heavy atom. The molecule has 2 aromatic rings. The summed E-state index contributed by atoms with van der Waals surface area (Å²) in [5, 5.41) is 0. The molecule has 0 aliphatic rings. The average molecular weight is 255 g/mol. The number of hydrogen-bond donors (Lipinski definition) is 0. The minimum absolute atomic E-state index is 0.762. The predicted octanol–water partition coefficient (Wildman–Crippen LogP) is 3.75. The van der Waals surface area contributed by atoms with E-state index < -0.39 is 0 Å². The van der Waals surface area contributed by atoms with Crippen molar-refractivity contribution in [1.29, 1.82) is 0 Å². The lowest BCUT2D eigenvalue weighted by Gasteiger charge is -2.07. The molecule has 2 aromatic heterocycles. The molecule has 0 fully saturated rings. The zero-order chi connectivity index (χ0) is 13.7. The molecule has 0 amide bonds. The lowest BCUT2D eigenvalue weighted by Crippen LogP contribution is -2.02. The van der Waals surface area contributed by atoms with Crippen molar-refractivity contribution in [2.75, 3.05) is 0 Å². The molecule has 0 aliphatic carbocycles. The van der Waals surface area contributed by atoms with Crippen molar-refractivity contribution in [3.05, 3.63) is 41.3 Å². The zero-order valence-corrected chi connectivity index (χ0v) is 12.0. The number of aromatic nitrogens is 3. The van der Waals surface area contributed by atoms with Gasteiger partial charge in [-0.05, 0) is 38.0 Å². The minimum Gasteiger partial charge on any atom is -0.250 e.